The Morgan fingerprint density at radius 3 is 2.83 bits per heavy atom. The number of halogens is 1. The maximum Gasteiger partial charge on any atom is 0.0650 e. The number of hydrogen-bond acceptors (Lipinski definition) is 0. The number of benzene rings is 1. The molecular formula is C10H10ClN. The standard InChI is InChI=1S/C10H10ClN/c1-2-8-7-12(11)10-6-4-3-5-9(8)10/h3-7H,2H2,1H3. The highest BCUT2D eigenvalue weighted by molar-refractivity contribution is 6.19. The summed E-state index contributed by atoms with van der Waals surface area (Å²) in [6.07, 6.45) is 3.01. The van der Waals surface area contributed by atoms with Gasteiger partial charge < -0.3 is 0 Å². The van der Waals surface area contributed by atoms with Crippen LogP contribution < -0.4 is 0 Å². The molecule has 1 heterocycles. The van der Waals surface area contributed by atoms with Crippen molar-refractivity contribution in [2.24, 2.45) is 0 Å². The van der Waals surface area contributed by atoms with E-state index >= 15 is 0 Å². The largest absolute Gasteiger partial charge is 0.260 e. The van der Waals surface area contributed by atoms with E-state index in [9.17, 15) is 0 Å². The van der Waals surface area contributed by atoms with Gasteiger partial charge in [0.15, 0.2) is 0 Å². The highest BCUT2D eigenvalue weighted by atomic mass is 35.5. The van der Waals surface area contributed by atoms with E-state index in [0.717, 1.165) is 11.9 Å². The summed E-state index contributed by atoms with van der Waals surface area (Å²) in [7, 11) is 0. The van der Waals surface area contributed by atoms with Crippen LogP contribution in [0.1, 0.15) is 12.5 Å². The first-order chi connectivity index (χ1) is 5.83. The van der Waals surface area contributed by atoms with Crippen LogP contribution in [0.25, 0.3) is 10.9 Å². The number of fused-ring (bicyclic) bond motifs is 1. The zero-order valence-corrected chi connectivity index (χ0v) is 7.67. The summed E-state index contributed by atoms with van der Waals surface area (Å²) in [5.41, 5.74) is 2.40. The van der Waals surface area contributed by atoms with Crippen molar-refractivity contribution in [2.75, 3.05) is 0 Å². The molecule has 1 nitrogen and oxygen atoms in total. The molecule has 2 rings (SSSR count). The quantitative estimate of drug-likeness (QED) is 0.634. The average Bonchev–Trinajstić information content (AvgIpc) is 2.44. The van der Waals surface area contributed by atoms with Crippen LogP contribution in [0.5, 0.6) is 0 Å². The molecule has 2 aromatic rings. The predicted molar refractivity (Wildman–Crippen MR) is 52.6 cm³/mol. The van der Waals surface area contributed by atoms with Crippen molar-refractivity contribution < 1.29 is 0 Å². The molecule has 62 valence electrons. The Morgan fingerprint density at radius 2 is 2.08 bits per heavy atom. The van der Waals surface area contributed by atoms with Gasteiger partial charge in [0, 0.05) is 23.4 Å². The molecule has 0 fully saturated rings. The second-order valence-corrected chi connectivity index (χ2v) is 3.20. The molecule has 1 aromatic heterocycles. The van der Waals surface area contributed by atoms with Crippen LogP contribution in [0, 0.1) is 0 Å². The molecule has 0 N–H and O–H groups in total. The molecule has 0 radical (unpaired) electrons. The summed E-state index contributed by atoms with van der Waals surface area (Å²) in [6, 6.07) is 8.17. The van der Waals surface area contributed by atoms with Crippen molar-refractivity contribution in [3.8, 4) is 0 Å². The van der Waals surface area contributed by atoms with Crippen molar-refractivity contribution in [3.05, 3.63) is 36.0 Å². The van der Waals surface area contributed by atoms with Crippen LogP contribution in [0.2, 0.25) is 0 Å². The Kier molecular flexibility index (Phi) is 1.81. The van der Waals surface area contributed by atoms with Gasteiger partial charge in [0.2, 0.25) is 0 Å². The Hall–Kier alpha value is -0.950. The highest BCUT2D eigenvalue weighted by Crippen LogP contribution is 2.22. The molecule has 0 aliphatic carbocycles. The lowest BCUT2D eigenvalue weighted by molar-refractivity contribution is 1.14. The van der Waals surface area contributed by atoms with E-state index in [0.29, 0.717) is 0 Å². The second-order valence-electron chi connectivity index (χ2n) is 2.84. The van der Waals surface area contributed by atoms with E-state index < -0.39 is 0 Å². The maximum atomic E-state index is 5.97. The minimum absolute atomic E-state index is 1.03. The molecule has 0 saturated carbocycles. The zero-order chi connectivity index (χ0) is 8.55. The molecular weight excluding hydrogens is 170 g/mol. The van der Waals surface area contributed by atoms with Gasteiger partial charge >= 0.3 is 0 Å². The third-order valence-corrected chi connectivity index (χ3v) is 2.41. The minimum Gasteiger partial charge on any atom is -0.260 e. The van der Waals surface area contributed by atoms with Gasteiger partial charge in [-0.3, -0.25) is 4.09 Å². The molecule has 0 spiro atoms. The van der Waals surface area contributed by atoms with Gasteiger partial charge in [-0.05, 0) is 18.1 Å². The predicted octanol–water partition coefficient (Wildman–Crippen LogP) is 3.21. The molecule has 0 atom stereocenters. The van der Waals surface area contributed by atoms with Gasteiger partial charge in [0.05, 0.1) is 5.52 Å². The van der Waals surface area contributed by atoms with Gasteiger partial charge in [0.1, 0.15) is 0 Å². The number of rotatable bonds is 1. The van der Waals surface area contributed by atoms with E-state index in [1.165, 1.54) is 10.9 Å². The topological polar surface area (TPSA) is 4.93 Å². The lowest BCUT2D eigenvalue weighted by Gasteiger charge is -1.91. The van der Waals surface area contributed by atoms with Gasteiger partial charge in [-0.1, -0.05) is 25.1 Å². The number of para-hydroxylation sites is 1. The Bertz CT molecular complexity index is 403. The van der Waals surface area contributed by atoms with Gasteiger partial charge in [-0.15, -0.1) is 0 Å². The fourth-order valence-corrected chi connectivity index (χ4v) is 1.75. The van der Waals surface area contributed by atoms with E-state index in [1.54, 1.807) is 4.09 Å². The molecule has 12 heavy (non-hydrogen) atoms. The van der Waals surface area contributed by atoms with Crippen LogP contribution in [-0.4, -0.2) is 4.09 Å². The van der Waals surface area contributed by atoms with Crippen LogP contribution in [0.4, 0.5) is 0 Å². The van der Waals surface area contributed by atoms with Crippen LogP contribution >= 0.6 is 11.8 Å². The molecule has 0 amide bonds. The molecule has 1 aromatic carbocycles. The third-order valence-electron chi connectivity index (χ3n) is 2.13. The van der Waals surface area contributed by atoms with Crippen molar-refractivity contribution in [1.29, 1.82) is 0 Å². The van der Waals surface area contributed by atoms with Gasteiger partial charge in [-0.2, -0.15) is 0 Å². The Balaban J connectivity index is 2.82. The lowest BCUT2D eigenvalue weighted by atomic mass is 10.1. The first-order valence-electron chi connectivity index (χ1n) is 4.08. The van der Waals surface area contributed by atoms with Crippen molar-refractivity contribution >= 4 is 22.7 Å². The lowest BCUT2D eigenvalue weighted by Crippen LogP contribution is -1.73. The smallest absolute Gasteiger partial charge is 0.0650 e. The molecule has 0 unspecified atom stereocenters. The zero-order valence-electron chi connectivity index (χ0n) is 6.92. The minimum atomic E-state index is 1.03. The first kappa shape index (κ1) is 7.69. The van der Waals surface area contributed by atoms with Gasteiger partial charge in [0.25, 0.3) is 0 Å². The fraction of sp³-hybridized carbons (Fsp3) is 0.200. The molecule has 0 aliphatic heterocycles. The Morgan fingerprint density at radius 1 is 1.33 bits per heavy atom. The summed E-state index contributed by atoms with van der Waals surface area (Å²) in [4.78, 5) is 0. The number of nitrogens with zero attached hydrogens (tertiary/aromatic N) is 1. The molecule has 0 bridgehead atoms. The summed E-state index contributed by atoms with van der Waals surface area (Å²) in [5, 5.41) is 1.26. The van der Waals surface area contributed by atoms with E-state index in [4.69, 9.17) is 11.8 Å². The molecule has 0 aliphatic rings. The fourth-order valence-electron chi connectivity index (χ4n) is 1.49. The number of aromatic nitrogens is 1. The molecule has 2 heteroatoms. The van der Waals surface area contributed by atoms with E-state index in [1.807, 2.05) is 24.4 Å². The van der Waals surface area contributed by atoms with Gasteiger partial charge in [-0.25, -0.2) is 0 Å². The summed E-state index contributed by atoms with van der Waals surface area (Å²) in [5.74, 6) is 0. The molecule has 0 saturated heterocycles. The summed E-state index contributed by atoms with van der Waals surface area (Å²) in [6.45, 7) is 2.14. The summed E-state index contributed by atoms with van der Waals surface area (Å²) >= 11 is 5.97. The number of aryl methyl sites for hydroxylation is 1. The normalized spacial score (nSPS) is 10.8. The second kappa shape index (κ2) is 2.83. The van der Waals surface area contributed by atoms with Crippen LogP contribution in [-0.2, 0) is 6.42 Å². The highest BCUT2D eigenvalue weighted by Gasteiger charge is 2.03. The van der Waals surface area contributed by atoms with Crippen molar-refractivity contribution in [1.82, 2.24) is 4.09 Å². The first-order valence-corrected chi connectivity index (χ1v) is 4.42. The van der Waals surface area contributed by atoms with Crippen molar-refractivity contribution in [3.63, 3.8) is 0 Å². The number of hydrogen-bond donors (Lipinski definition) is 0. The maximum absolute atomic E-state index is 5.97. The third kappa shape index (κ3) is 1.01. The SMILES string of the molecule is CCc1cn(Cl)c2ccccc12. The van der Waals surface area contributed by atoms with Crippen LogP contribution in [0.3, 0.4) is 0 Å². The van der Waals surface area contributed by atoms with Crippen LogP contribution in [0.15, 0.2) is 30.5 Å². The summed E-state index contributed by atoms with van der Waals surface area (Å²) < 4.78 is 1.66. The van der Waals surface area contributed by atoms with E-state index in [-0.39, 0.29) is 0 Å². The Labute approximate surface area is 76.7 Å². The monoisotopic (exact) mass is 179 g/mol. The average molecular weight is 180 g/mol. The van der Waals surface area contributed by atoms with Crippen molar-refractivity contribution in [2.45, 2.75) is 13.3 Å². The van der Waals surface area contributed by atoms with E-state index in [2.05, 4.69) is 13.0 Å².